The van der Waals surface area contributed by atoms with Crippen molar-refractivity contribution >= 4 is 11.6 Å². The van der Waals surface area contributed by atoms with Crippen LogP contribution in [-0.2, 0) is 11.4 Å². The maximum Gasteiger partial charge on any atom is 0.227 e. The summed E-state index contributed by atoms with van der Waals surface area (Å²) in [5.41, 5.74) is 1.01. The molecule has 1 saturated heterocycles. The lowest BCUT2D eigenvalue weighted by Crippen LogP contribution is -2.40. The van der Waals surface area contributed by atoms with Gasteiger partial charge in [0, 0.05) is 23.7 Å². The van der Waals surface area contributed by atoms with Gasteiger partial charge in [0.2, 0.25) is 5.91 Å². The largest absolute Gasteiger partial charge is 0.486 e. The minimum atomic E-state index is -0.571. The van der Waals surface area contributed by atoms with Crippen LogP contribution in [0.4, 0.5) is 14.5 Å². The minimum absolute atomic E-state index is 0.0581. The highest BCUT2D eigenvalue weighted by Gasteiger charge is 2.24. The third-order valence-corrected chi connectivity index (χ3v) is 4.48. The molecule has 0 bridgehead atoms. The lowest BCUT2D eigenvalue weighted by Gasteiger charge is -2.27. The second-order valence-corrected chi connectivity index (χ2v) is 6.63. The van der Waals surface area contributed by atoms with E-state index in [9.17, 15) is 13.6 Å². The Hall–Kier alpha value is -2.47. The number of anilines is 1. The number of amides is 1. The average Bonchev–Trinajstić information content (AvgIpc) is 2.61. The molecule has 0 aliphatic carbocycles. The van der Waals surface area contributed by atoms with Crippen molar-refractivity contribution < 1.29 is 18.3 Å². The number of carbonyl (C=O) groups is 1. The maximum absolute atomic E-state index is 14.2. The van der Waals surface area contributed by atoms with E-state index in [0.717, 1.165) is 19.4 Å². The normalized spacial score (nSPS) is 19.8. The number of ether oxygens (including phenoxy) is 1. The molecule has 1 fully saturated rings. The molecular weight excluding hydrogens is 338 g/mol. The first-order chi connectivity index (χ1) is 12.5. The van der Waals surface area contributed by atoms with E-state index in [-0.39, 0.29) is 30.0 Å². The highest BCUT2D eigenvalue weighted by molar-refractivity contribution is 5.92. The van der Waals surface area contributed by atoms with E-state index in [1.54, 1.807) is 18.2 Å². The summed E-state index contributed by atoms with van der Waals surface area (Å²) >= 11 is 0. The lowest BCUT2D eigenvalue weighted by atomic mass is 9.92. The fourth-order valence-corrected chi connectivity index (χ4v) is 3.10. The molecule has 2 aromatic rings. The van der Waals surface area contributed by atoms with Crippen molar-refractivity contribution in [1.29, 1.82) is 0 Å². The molecule has 0 unspecified atom stereocenters. The maximum atomic E-state index is 14.2. The lowest BCUT2D eigenvalue weighted by molar-refractivity contribution is -0.120. The van der Waals surface area contributed by atoms with Gasteiger partial charge in [0.25, 0.3) is 0 Å². The highest BCUT2D eigenvalue weighted by Crippen LogP contribution is 2.24. The zero-order valence-corrected chi connectivity index (χ0v) is 14.6. The molecule has 1 aliphatic heterocycles. The first-order valence-corrected chi connectivity index (χ1v) is 8.72. The van der Waals surface area contributed by atoms with Crippen molar-refractivity contribution in [3.05, 3.63) is 59.7 Å². The number of rotatable bonds is 5. The van der Waals surface area contributed by atoms with E-state index in [1.165, 1.54) is 24.3 Å². The van der Waals surface area contributed by atoms with Crippen molar-refractivity contribution in [2.45, 2.75) is 32.4 Å². The first-order valence-electron chi connectivity index (χ1n) is 8.72. The quantitative estimate of drug-likeness (QED) is 0.851. The Morgan fingerprint density at radius 3 is 2.85 bits per heavy atom. The van der Waals surface area contributed by atoms with Gasteiger partial charge < -0.3 is 15.4 Å². The van der Waals surface area contributed by atoms with Gasteiger partial charge in [-0.25, -0.2) is 8.78 Å². The average molecular weight is 360 g/mol. The van der Waals surface area contributed by atoms with Crippen LogP contribution in [0.3, 0.4) is 0 Å². The van der Waals surface area contributed by atoms with Crippen molar-refractivity contribution in [2.24, 2.45) is 5.92 Å². The zero-order valence-electron chi connectivity index (χ0n) is 14.6. The van der Waals surface area contributed by atoms with Crippen molar-refractivity contribution in [3.63, 3.8) is 0 Å². The van der Waals surface area contributed by atoms with Crippen molar-refractivity contribution in [1.82, 2.24) is 5.32 Å². The number of carbonyl (C=O) groups excluding carboxylic acids is 1. The van der Waals surface area contributed by atoms with E-state index < -0.39 is 5.82 Å². The minimum Gasteiger partial charge on any atom is -0.486 e. The van der Waals surface area contributed by atoms with Gasteiger partial charge >= 0.3 is 0 Å². The summed E-state index contributed by atoms with van der Waals surface area (Å²) < 4.78 is 32.8. The van der Waals surface area contributed by atoms with Gasteiger partial charge in [-0.05, 0) is 56.1 Å². The van der Waals surface area contributed by atoms with E-state index >= 15 is 0 Å². The van der Waals surface area contributed by atoms with Gasteiger partial charge in [-0.2, -0.15) is 0 Å². The fraction of sp³-hybridized carbons (Fsp3) is 0.350. The number of halogens is 2. The van der Waals surface area contributed by atoms with Crippen LogP contribution in [0, 0.1) is 17.6 Å². The Morgan fingerprint density at radius 1 is 1.27 bits per heavy atom. The number of benzene rings is 2. The van der Waals surface area contributed by atoms with E-state index in [2.05, 4.69) is 10.6 Å². The molecule has 138 valence electrons. The van der Waals surface area contributed by atoms with E-state index in [1.807, 2.05) is 6.92 Å². The summed E-state index contributed by atoms with van der Waals surface area (Å²) in [7, 11) is 0. The Morgan fingerprint density at radius 2 is 2.12 bits per heavy atom. The molecule has 1 aliphatic rings. The Balaban J connectivity index is 1.59. The number of piperidine rings is 1. The predicted octanol–water partition coefficient (Wildman–Crippen LogP) is 3.87. The second-order valence-electron chi connectivity index (χ2n) is 6.63. The third kappa shape index (κ3) is 4.79. The first kappa shape index (κ1) is 18.3. The molecule has 4 nitrogen and oxygen atoms in total. The molecule has 0 spiro atoms. The van der Waals surface area contributed by atoms with Crippen LogP contribution < -0.4 is 15.4 Å². The van der Waals surface area contributed by atoms with Crippen LogP contribution in [0.2, 0.25) is 0 Å². The van der Waals surface area contributed by atoms with Gasteiger partial charge in [0.1, 0.15) is 12.4 Å². The molecule has 6 heteroatoms. The van der Waals surface area contributed by atoms with Crippen LogP contribution >= 0.6 is 0 Å². The van der Waals surface area contributed by atoms with Gasteiger partial charge in [0.05, 0.1) is 0 Å². The van der Waals surface area contributed by atoms with Gasteiger partial charge in [-0.15, -0.1) is 0 Å². The standard InChI is InChI=1S/C20H22F2N2O2/c1-13-9-15(7-8-23-13)20(25)24-17-5-6-19(18(22)11-17)26-12-14-3-2-4-16(21)10-14/h2-6,10-11,13,15,23H,7-9,12H2,1H3,(H,24,25)/t13-,15-/m0/s1. The van der Waals surface area contributed by atoms with Crippen LogP contribution in [0.25, 0.3) is 0 Å². The molecule has 2 atom stereocenters. The van der Waals surface area contributed by atoms with Crippen LogP contribution in [0.1, 0.15) is 25.3 Å². The number of hydrogen-bond acceptors (Lipinski definition) is 3. The van der Waals surface area contributed by atoms with Crippen LogP contribution in [0.15, 0.2) is 42.5 Å². The summed E-state index contributed by atoms with van der Waals surface area (Å²) in [5.74, 6) is -1.04. The Labute approximate surface area is 151 Å². The Bertz CT molecular complexity index is 782. The topological polar surface area (TPSA) is 50.4 Å². The monoisotopic (exact) mass is 360 g/mol. The molecule has 2 N–H and O–H groups in total. The van der Waals surface area contributed by atoms with Gasteiger partial charge in [0.15, 0.2) is 11.6 Å². The molecule has 1 heterocycles. The molecule has 1 amide bonds. The molecule has 2 aromatic carbocycles. The van der Waals surface area contributed by atoms with Gasteiger partial charge in [-0.3, -0.25) is 4.79 Å². The summed E-state index contributed by atoms with van der Waals surface area (Å²) in [6.45, 7) is 2.91. The molecule has 0 saturated carbocycles. The smallest absolute Gasteiger partial charge is 0.227 e. The molecular formula is C20H22F2N2O2. The molecule has 26 heavy (non-hydrogen) atoms. The third-order valence-electron chi connectivity index (χ3n) is 4.48. The van der Waals surface area contributed by atoms with Crippen molar-refractivity contribution in [3.8, 4) is 5.75 Å². The molecule has 3 rings (SSSR count). The van der Waals surface area contributed by atoms with E-state index in [0.29, 0.717) is 17.3 Å². The van der Waals surface area contributed by atoms with Crippen LogP contribution in [0.5, 0.6) is 5.75 Å². The zero-order chi connectivity index (χ0) is 18.5. The summed E-state index contributed by atoms with van der Waals surface area (Å²) in [4.78, 5) is 12.3. The fourth-order valence-electron chi connectivity index (χ4n) is 3.10. The SMILES string of the molecule is C[C@H]1C[C@@H](C(=O)Nc2ccc(OCc3cccc(F)c3)c(F)c2)CCN1. The summed E-state index contributed by atoms with van der Waals surface area (Å²) in [6, 6.07) is 10.6. The summed E-state index contributed by atoms with van der Waals surface area (Å²) in [6.07, 6.45) is 1.54. The Kier molecular flexibility index (Phi) is 5.83. The van der Waals surface area contributed by atoms with Crippen molar-refractivity contribution in [2.75, 3.05) is 11.9 Å². The molecule has 0 radical (unpaired) electrons. The predicted molar refractivity (Wildman–Crippen MR) is 96.0 cm³/mol. The number of nitrogens with one attached hydrogen (secondary N) is 2. The highest BCUT2D eigenvalue weighted by atomic mass is 19.1. The van der Waals surface area contributed by atoms with Crippen LogP contribution in [-0.4, -0.2) is 18.5 Å². The summed E-state index contributed by atoms with van der Waals surface area (Å²) in [5, 5.41) is 6.07. The molecule has 0 aromatic heterocycles. The second kappa shape index (κ2) is 8.27. The van der Waals surface area contributed by atoms with E-state index in [4.69, 9.17) is 4.74 Å². The van der Waals surface area contributed by atoms with Gasteiger partial charge in [-0.1, -0.05) is 12.1 Å². The number of hydrogen-bond donors (Lipinski definition) is 2.